The van der Waals surface area contributed by atoms with Gasteiger partial charge in [0.1, 0.15) is 0 Å². The third-order valence-corrected chi connectivity index (χ3v) is 2.74. The SMILES string of the molecule is C=C1C=CC(C)=CN1Cc1ccc(C)cc1. The monoisotopic (exact) mass is 211 g/mol. The van der Waals surface area contributed by atoms with E-state index < -0.39 is 0 Å². The first-order chi connectivity index (χ1) is 7.65. The highest BCUT2D eigenvalue weighted by atomic mass is 15.1. The fraction of sp³-hybridized carbons (Fsp3) is 0.200. The highest BCUT2D eigenvalue weighted by Crippen LogP contribution is 2.18. The van der Waals surface area contributed by atoms with E-state index in [4.69, 9.17) is 0 Å². The summed E-state index contributed by atoms with van der Waals surface area (Å²) in [5, 5.41) is 0. The van der Waals surface area contributed by atoms with Crippen molar-refractivity contribution >= 4 is 0 Å². The average Bonchev–Trinajstić information content (AvgIpc) is 2.27. The van der Waals surface area contributed by atoms with E-state index in [1.54, 1.807) is 0 Å². The number of benzene rings is 1. The topological polar surface area (TPSA) is 3.24 Å². The summed E-state index contributed by atoms with van der Waals surface area (Å²) in [4.78, 5) is 2.18. The van der Waals surface area contributed by atoms with Crippen molar-refractivity contribution in [2.45, 2.75) is 20.4 Å². The van der Waals surface area contributed by atoms with Crippen LogP contribution >= 0.6 is 0 Å². The van der Waals surface area contributed by atoms with Crippen LogP contribution in [-0.4, -0.2) is 4.90 Å². The minimum Gasteiger partial charge on any atom is -0.344 e. The highest BCUT2D eigenvalue weighted by molar-refractivity contribution is 5.32. The first-order valence-corrected chi connectivity index (χ1v) is 5.53. The summed E-state index contributed by atoms with van der Waals surface area (Å²) in [6.45, 7) is 9.14. The molecule has 1 aliphatic rings. The predicted molar refractivity (Wildman–Crippen MR) is 68.8 cm³/mol. The van der Waals surface area contributed by atoms with Crippen LogP contribution in [0.25, 0.3) is 0 Å². The van der Waals surface area contributed by atoms with E-state index in [9.17, 15) is 0 Å². The second-order valence-corrected chi connectivity index (χ2v) is 4.31. The van der Waals surface area contributed by atoms with Gasteiger partial charge in [-0.1, -0.05) is 42.5 Å². The van der Waals surface area contributed by atoms with Gasteiger partial charge in [-0.15, -0.1) is 0 Å². The largest absolute Gasteiger partial charge is 0.344 e. The van der Waals surface area contributed by atoms with Crippen LogP contribution in [0.2, 0.25) is 0 Å². The molecule has 1 aliphatic heterocycles. The maximum Gasteiger partial charge on any atom is 0.0475 e. The van der Waals surface area contributed by atoms with Crippen molar-refractivity contribution < 1.29 is 0 Å². The van der Waals surface area contributed by atoms with Crippen molar-refractivity contribution in [2.75, 3.05) is 0 Å². The molecule has 0 spiro atoms. The molecule has 0 amide bonds. The Morgan fingerprint density at radius 3 is 2.44 bits per heavy atom. The zero-order chi connectivity index (χ0) is 11.5. The van der Waals surface area contributed by atoms with Crippen LogP contribution in [0, 0.1) is 6.92 Å². The van der Waals surface area contributed by atoms with E-state index in [1.165, 1.54) is 16.7 Å². The van der Waals surface area contributed by atoms with Crippen LogP contribution < -0.4 is 0 Å². The van der Waals surface area contributed by atoms with Gasteiger partial charge in [0.2, 0.25) is 0 Å². The molecule has 16 heavy (non-hydrogen) atoms. The van der Waals surface area contributed by atoms with Crippen molar-refractivity contribution in [2.24, 2.45) is 0 Å². The number of rotatable bonds is 2. The lowest BCUT2D eigenvalue weighted by Gasteiger charge is -2.24. The smallest absolute Gasteiger partial charge is 0.0475 e. The Balaban J connectivity index is 2.13. The Bertz CT molecular complexity index is 449. The molecule has 0 saturated heterocycles. The molecular weight excluding hydrogens is 194 g/mol. The van der Waals surface area contributed by atoms with Gasteiger partial charge in [-0.2, -0.15) is 0 Å². The number of allylic oxidation sites excluding steroid dienone is 3. The third-order valence-electron chi connectivity index (χ3n) is 2.74. The lowest BCUT2D eigenvalue weighted by molar-refractivity contribution is 0.468. The van der Waals surface area contributed by atoms with Gasteiger partial charge < -0.3 is 4.90 Å². The molecule has 0 aliphatic carbocycles. The van der Waals surface area contributed by atoms with E-state index >= 15 is 0 Å². The van der Waals surface area contributed by atoms with Crippen LogP contribution in [0.1, 0.15) is 18.1 Å². The van der Waals surface area contributed by atoms with Gasteiger partial charge in [0.05, 0.1) is 0 Å². The number of nitrogens with zero attached hydrogens (tertiary/aromatic N) is 1. The second kappa shape index (κ2) is 4.40. The summed E-state index contributed by atoms with van der Waals surface area (Å²) in [7, 11) is 0. The molecule has 0 bridgehead atoms. The van der Waals surface area contributed by atoms with Gasteiger partial charge in [-0.3, -0.25) is 0 Å². The van der Waals surface area contributed by atoms with Crippen LogP contribution in [-0.2, 0) is 6.54 Å². The van der Waals surface area contributed by atoms with E-state index in [0.29, 0.717) is 0 Å². The molecule has 2 rings (SSSR count). The Morgan fingerprint density at radius 1 is 1.06 bits per heavy atom. The molecule has 0 fully saturated rings. The van der Waals surface area contributed by atoms with Crippen molar-refractivity contribution in [3.8, 4) is 0 Å². The molecule has 0 radical (unpaired) electrons. The standard InChI is InChI=1S/C15H17N/c1-12-5-8-15(9-6-12)11-16-10-13(2)4-7-14(16)3/h4-10H,3,11H2,1-2H3. The number of hydrogen-bond donors (Lipinski definition) is 0. The molecule has 0 saturated carbocycles. The minimum absolute atomic E-state index is 0.890. The van der Waals surface area contributed by atoms with Crippen LogP contribution in [0.4, 0.5) is 0 Å². The summed E-state index contributed by atoms with van der Waals surface area (Å²) in [5.41, 5.74) is 4.92. The maximum absolute atomic E-state index is 4.04. The van der Waals surface area contributed by atoms with Crippen LogP contribution in [0.3, 0.4) is 0 Å². The predicted octanol–water partition coefficient (Wildman–Crippen LogP) is 3.78. The van der Waals surface area contributed by atoms with Gasteiger partial charge >= 0.3 is 0 Å². The highest BCUT2D eigenvalue weighted by Gasteiger charge is 2.07. The molecule has 0 atom stereocenters. The molecule has 82 valence electrons. The average molecular weight is 211 g/mol. The first kappa shape index (κ1) is 10.7. The number of aryl methyl sites for hydroxylation is 1. The second-order valence-electron chi connectivity index (χ2n) is 4.31. The summed E-state index contributed by atoms with van der Waals surface area (Å²) < 4.78 is 0. The van der Waals surface area contributed by atoms with Crippen molar-refractivity contribution in [3.05, 3.63) is 71.6 Å². The summed E-state index contributed by atoms with van der Waals surface area (Å²) >= 11 is 0. The summed E-state index contributed by atoms with van der Waals surface area (Å²) in [6.07, 6.45) is 6.29. The normalized spacial score (nSPS) is 15.2. The Morgan fingerprint density at radius 2 is 1.75 bits per heavy atom. The fourth-order valence-electron chi connectivity index (χ4n) is 1.73. The van der Waals surface area contributed by atoms with Crippen LogP contribution in [0.15, 0.2) is 60.5 Å². The van der Waals surface area contributed by atoms with Gasteiger partial charge in [-0.25, -0.2) is 0 Å². The first-order valence-electron chi connectivity index (χ1n) is 5.53. The van der Waals surface area contributed by atoms with Gasteiger partial charge in [0, 0.05) is 18.4 Å². The lowest BCUT2D eigenvalue weighted by Crippen LogP contribution is -2.16. The molecule has 0 N–H and O–H groups in total. The minimum atomic E-state index is 0.890. The molecule has 0 aromatic heterocycles. The maximum atomic E-state index is 4.04. The van der Waals surface area contributed by atoms with Crippen molar-refractivity contribution in [1.82, 2.24) is 4.90 Å². The van der Waals surface area contributed by atoms with E-state index in [0.717, 1.165) is 12.2 Å². The lowest BCUT2D eigenvalue weighted by atomic mass is 10.1. The van der Waals surface area contributed by atoms with Gasteiger partial charge in [-0.05, 0) is 31.1 Å². The van der Waals surface area contributed by atoms with Crippen molar-refractivity contribution in [3.63, 3.8) is 0 Å². The molecule has 1 aromatic carbocycles. The fourth-order valence-corrected chi connectivity index (χ4v) is 1.73. The summed E-state index contributed by atoms with van der Waals surface area (Å²) in [6, 6.07) is 8.64. The van der Waals surface area contributed by atoms with Crippen molar-refractivity contribution in [1.29, 1.82) is 0 Å². The zero-order valence-electron chi connectivity index (χ0n) is 9.90. The summed E-state index contributed by atoms with van der Waals surface area (Å²) in [5.74, 6) is 0. The number of hydrogen-bond acceptors (Lipinski definition) is 1. The van der Waals surface area contributed by atoms with Crippen LogP contribution in [0.5, 0.6) is 0 Å². The quantitative estimate of drug-likeness (QED) is 0.719. The third kappa shape index (κ3) is 2.43. The molecular formula is C15H17N. The molecule has 0 unspecified atom stereocenters. The Kier molecular flexibility index (Phi) is 2.95. The molecule has 1 heteroatoms. The van der Waals surface area contributed by atoms with Gasteiger partial charge in [0.15, 0.2) is 0 Å². The zero-order valence-corrected chi connectivity index (χ0v) is 9.90. The Labute approximate surface area is 97.4 Å². The van der Waals surface area contributed by atoms with Gasteiger partial charge in [0.25, 0.3) is 0 Å². The Hall–Kier alpha value is -1.76. The molecule has 1 heterocycles. The molecule has 1 nitrogen and oxygen atoms in total. The van der Waals surface area contributed by atoms with E-state index in [1.807, 2.05) is 0 Å². The van der Waals surface area contributed by atoms with E-state index in [-0.39, 0.29) is 0 Å². The van der Waals surface area contributed by atoms with E-state index in [2.05, 4.69) is 67.9 Å². The molecule has 1 aromatic rings.